The highest BCUT2D eigenvalue weighted by molar-refractivity contribution is 6.16. The van der Waals surface area contributed by atoms with Crippen molar-refractivity contribution in [1.82, 2.24) is 4.90 Å². The molecule has 0 saturated carbocycles. The molecule has 0 bridgehead atoms. The molecular formula is C34H23FN2O5. The van der Waals surface area contributed by atoms with Gasteiger partial charge in [0.05, 0.1) is 12.0 Å². The Morgan fingerprint density at radius 1 is 0.857 bits per heavy atom. The maximum absolute atomic E-state index is 14.7. The first-order valence-corrected chi connectivity index (χ1v) is 13.7. The largest absolute Gasteiger partial charge is 0.454 e. The van der Waals surface area contributed by atoms with E-state index in [9.17, 15) is 18.8 Å². The molecule has 8 heteroatoms. The van der Waals surface area contributed by atoms with Gasteiger partial charge >= 0.3 is 0 Å². The smallest absolute Gasteiger partial charge is 0.238 e. The minimum atomic E-state index is -1.46. The Morgan fingerprint density at radius 2 is 1.60 bits per heavy atom. The summed E-state index contributed by atoms with van der Waals surface area (Å²) in [5.74, 6) is -1.77. The molecule has 42 heavy (non-hydrogen) atoms. The van der Waals surface area contributed by atoms with Gasteiger partial charge in [-0.15, -0.1) is 0 Å². The van der Waals surface area contributed by atoms with Gasteiger partial charge < -0.3 is 19.7 Å². The predicted molar refractivity (Wildman–Crippen MR) is 152 cm³/mol. The van der Waals surface area contributed by atoms with Crippen molar-refractivity contribution >= 4 is 29.2 Å². The number of nitrogens with zero attached hydrogens (tertiary/aromatic N) is 1. The van der Waals surface area contributed by atoms with Crippen LogP contribution in [0, 0.1) is 11.7 Å². The van der Waals surface area contributed by atoms with Gasteiger partial charge in [0.1, 0.15) is 17.3 Å². The number of ether oxygens (including phenoxy) is 2. The van der Waals surface area contributed by atoms with Crippen LogP contribution in [0.4, 0.5) is 10.1 Å². The van der Waals surface area contributed by atoms with Crippen LogP contribution in [0.2, 0.25) is 0 Å². The Hall–Kier alpha value is -5.24. The minimum Gasteiger partial charge on any atom is -0.454 e. The summed E-state index contributed by atoms with van der Waals surface area (Å²) in [5.41, 5.74) is 2.08. The van der Waals surface area contributed by atoms with Crippen molar-refractivity contribution in [3.63, 3.8) is 0 Å². The molecule has 7 nitrogen and oxygen atoms in total. The summed E-state index contributed by atoms with van der Waals surface area (Å²) >= 11 is 0. The predicted octanol–water partition coefficient (Wildman–Crippen LogP) is 5.54. The SMILES string of the molecule is O=C(c1ccc2c(c1)OCO2)[C@H]1[C@H](C(=O)c2ccc(F)cc2)[C@]2(C(=O)Nc3ccccc32)[C@@H]2c3ccccc3C=CN21. The van der Waals surface area contributed by atoms with E-state index in [0.29, 0.717) is 28.3 Å². The lowest BCUT2D eigenvalue weighted by Gasteiger charge is -2.38. The summed E-state index contributed by atoms with van der Waals surface area (Å²) in [5, 5.41) is 3.02. The number of rotatable bonds is 4. The van der Waals surface area contributed by atoms with Crippen molar-refractivity contribution in [1.29, 1.82) is 0 Å². The monoisotopic (exact) mass is 558 g/mol. The second-order valence-corrected chi connectivity index (χ2v) is 10.9. The van der Waals surface area contributed by atoms with Gasteiger partial charge in [0.25, 0.3) is 0 Å². The van der Waals surface area contributed by atoms with Crippen molar-refractivity contribution in [3.8, 4) is 11.5 Å². The summed E-state index contributed by atoms with van der Waals surface area (Å²) in [6.07, 6.45) is 3.72. The van der Waals surface area contributed by atoms with Crippen molar-refractivity contribution in [2.75, 3.05) is 12.1 Å². The molecule has 4 aromatic rings. The van der Waals surface area contributed by atoms with Crippen LogP contribution in [0.5, 0.6) is 11.5 Å². The Morgan fingerprint density at radius 3 is 2.45 bits per heavy atom. The molecule has 4 aliphatic heterocycles. The molecule has 0 aliphatic carbocycles. The van der Waals surface area contributed by atoms with Crippen LogP contribution in [0.25, 0.3) is 6.08 Å². The highest BCUT2D eigenvalue weighted by atomic mass is 19.1. The topological polar surface area (TPSA) is 84.9 Å². The minimum absolute atomic E-state index is 0.0515. The second-order valence-electron chi connectivity index (χ2n) is 10.9. The lowest BCUT2D eigenvalue weighted by atomic mass is 9.62. The Balaban J connectivity index is 1.40. The molecule has 4 heterocycles. The van der Waals surface area contributed by atoms with Gasteiger partial charge in [0, 0.05) is 23.0 Å². The quantitative estimate of drug-likeness (QED) is 0.332. The molecule has 8 rings (SSSR count). The third-order valence-corrected chi connectivity index (χ3v) is 8.91. The van der Waals surface area contributed by atoms with Crippen LogP contribution in [-0.4, -0.2) is 35.2 Å². The van der Waals surface area contributed by atoms with E-state index in [1.54, 1.807) is 18.2 Å². The van der Waals surface area contributed by atoms with E-state index in [2.05, 4.69) is 5.32 Å². The van der Waals surface area contributed by atoms with E-state index >= 15 is 0 Å². The number of carbonyl (C=O) groups is 3. The summed E-state index contributed by atoms with van der Waals surface area (Å²) in [6.45, 7) is 0.0515. The van der Waals surface area contributed by atoms with E-state index in [0.717, 1.165) is 11.1 Å². The number of para-hydroxylation sites is 1. The van der Waals surface area contributed by atoms with E-state index in [-0.39, 0.29) is 24.0 Å². The van der Waals surface area contributed by atoms with Crippen LogP contribution >= 0.6 is 0 Å². The van der Waals surface area contributed by atoms with E-state index in [1.165, 1.54) is 24.3 Å². The van der Waals surface area contributed by atoms with Crippen molar-refractivity contribution in [2.45, 2.75) is 17.5 Å². The number of benzene rings is 4. The zero-order valence-corrected chi connectivity index (χ0v) is 22.1. The summed E-state index contributed by atoms with van der Waals surface area (Å²) < 4.78 is 24.9. The number of Topliss-reactive ketones (excluding diaryl/α,β-unsaturated/α-hetero) is 2. The van der Waals surface area contributed by atoms with E-state index in [4.69, 9.17) is 9.47 Å². The number of carbonyl (C=O) groups excluding carboxylic acids is 3. The second kappa shape index (κ2) is 8.88. The Bertz CT molecular complexity index is 1850. The highest BCUT2D eigenvalue weighted by Crippen LogP contribution is 2.62. The maximum Gasteiger partial charge on any atom is 0.238 e. The lowest BCUT2D eigenvalue weighted by molar-refractivity contribution is -0.122. The van der Waals surface area contributed by atoms with Gasteiger partial charge in [0.2, 0.25) is 12.7 Å². The number of amides is 1. The molecule has 0 unspecified atom stereocenters. The van der Waals surface area contributed by atoms with Gasteiger partial charge in [-0.3, -0.25) is 14.4 Å². The van der Waals surface area contributed by atoms with E-state index < -0.39 is 35.0 Å². The van der Waals surface area contributed by atoms with Crippen molar-refractivity contribution in [2.24, 2.45) is 5.92 Å². The van der Waals surface area contributed by atoms with Crippen LogP contribution in [0.15, 0.2) is 97.2 Å². The molecule has 1 spiro atoms. The first kappa shape index (κ1) is 24.5. The fourth-order valence-corrected chi connectivity index (χ4v) is 7.18. The zero-order chi connectivity index (χ0) is 28.6. The number of ketones is 2. The van der Waals surface area contributed by atoms with Crippen LogP contribution in [0.3, 0.4) is 0 Å². The number of hydrogen-bond acceptors (Lipinski definition) is 6. The van der Waals surface area contributed by atoms with Gasteiger partial charge in [0.15, 0.2) is 23.1 Å². The molecule has 4 aliphatic rings. The average molecular weight is 559 g/mol. The Kier molecular flexibility index (Phi) is 5.19. The number of nitrogens with one attached hydrogen (secondary N) is 1. The highest BCUT2D eigenvalue weighted by Gasteiger charge is 2.70. The molecule has 0 radical (unpaired) electrons. The molecule has 4 aromatic carbocycles. The molecule has 0 aromatic heterocycles. The maximum atomic E-state index is 14.7. The molecule has 1 fully saturated rings. The normalized spacial score (nSPS) is 24.3. The van der Waals surface area contributed by atoms with E-state index in [1.807, 2.05) is 65.7 Å². The number of halogens is 1. The van der Waals surface area contributed by atoms with Crippen molar-refractivity contribution in [3.05, 3.63) is 131 Å². The zero-order valence-electron chi connectivity index (χ0n) is 22.1. The third kappa shape index (κ3) is 3.23. The van der Waals surface area contributed by atoms with Gasteiger partial charge in [-0.05, 0) is 71.3 Å². The van der Waals surface area contributed by atoms with Crippen LogP contribution in [0.1, 0.15) is 43.4 Å². The number of fused-ring (bicyclic) bond motifs is 7. The van der Waals surface area contributed by atoms with Crippen LogP contribution in [-0.2, 0) is 10.2 Å². The molecular weight excluding hydrogens is 535 g/mol. The van der Waals surface area contributed by atoms with Gasteiger partial charge in [-0.2, -0.15) is 0 Å². The standard InChI is InChI=1S/C34H23FN2O5/c35-22-12-9-20(10-13-22)30(38)28-29(31(39)21-11-14-26-27(17-21)42-18-41-26)37-16-15-19-5-1-2-6-23(19)32(37)34(28)24-7-3-4-8-25(24)36-33(34)40/h1-17,28-29,32H,18H2,(H,36,40)/t28-,29-,32+,34+/m1/s1. The number of hydrogen-bond donors (Lipinski definition) is 1. The fraction of sp³-hybridized carbons (Fsp3) is 0.147. The molecule has 206 valence electrons. The third-order valence-electron chi connectivity index (χ3n) is 8.91. The van der Waals surface area contributed by atoms with Crippen LogP contribution < -0.4 is 14.8 Å². The van der Waals surface area contributed by atoms with Gasteiger partial charge in [-0.1, -0.05) is 42.5 Å². The molecule has 4 atom stereocenters. The summed E-state index contributed by atoms with van der Waals surface area (Å²) in [7, 11) is 0. The first-order valence-electron chi connectivity index (χ1n) is 13.7. The van der Waals surface area contributed by atoms with Gasteiger partial charge in [-0.25, -0.2) is 4.39 Å². The number of anilines is 1. The molecule has 1 N–H and O–H groups in total. The average Bonchev–Trinajstić information content (AvgIpc) is 3.70. The van der Waals surface area contributed by atoms with Crippen molar-refractivity contribution < 1.29 is 28.2 Å². The first-order chi connectivity index (χ1) is 20.5. The lowest BCUT2D eigenvalue weighted by Crippen LogP contribution is -2.49. The Labute approximate surface area is 240 Å². The summed E-state index contributed by atoms with van der Waals surface area (Å²) in [6, 6.07) is 23.5. The summed E-state index contributed by atoms with van der Waals surface area (Å²) in [4.78, 5) is 45.7. The molecule has 1 amide bonds. The molecule has 1 saturated heterocycles. The fourth-order valence-electron chi connectivity index (χ4n) is 7.18.